The van der Waals surface area contributed by atoms with Gasteiger partial charge in [0.25, 0.3) is 11.6 Å². The van der Waals surface area contributed by atoms with E-state index in [1.165, 1.54) is 43.5 Å². The Kier molecular flexibility index (Phi) is 5.16. The standard InChI is InChI=1S/C19H15N3O8/c1-26-14-8-12(9-15-17(14)28-7-6-27-15)19(23)29-10-16-20-21-18(30-16)11-2-4-13(5-3-11)22(24)25/h2-5,8-9H,6-7,10H2,1H3. The number of carbonyl (C=O) groups excluding carboxylic acids is 1. The Morgan fingerprint density at radius 1 is 1.17 bits per heavy atom. The number of nitrogens with zero attached hydrogens (tertiary/aromatic N) is 3. The number of non-ortho nitro benzene ring substituents is 1. The molecule has 0 aliphatic carbocycles. The second-order valence-corrected chi connectivity index (χ2v) is 6.08. The van der Waals surface area contributed by atoms with Crippen LogP contribution in [0, 0.1) is 10.1 Å². The van der Waals surface area contributed by atoms with Crippen LogP contribution in [0.3, 0.4) is 0 Å². The Hall–Kier alpha value is -4.15. The fourth-order valence-electron chi connectivity index (χ4n) is 2.76. The van der Waals surface area contributed by atoms with Crippen LogP contribution >= 0.6 is 0 Å². The first-order chi connectivity index (χ1) is 14.5. The number of methoxy groups -OCH3 is 1. The van der Waals surface area contributed by atoms with Gasteiger partial charge >= 0.3 is 5.97 Å². The second-order valence-electron chi connectivity index (χ2n) is 6.08. The lowest BCUT2D eigenvalue weighted by Gasteiger charge is -2.21. The van der Waals surface area contributed by atoms with Gasteiger partial charge < -0.3 is 23.4 Å². The van der Waals surface area contributed by atoms with Gasteiger partial charge in [-0.2, -0.15) is 0 Å². The van der Waals surface area contributed by atoms with Crippen LogP contribution in [0.15, 0.2) is 40.8 Å². The van der Waals surface area contributed by atoms with Gasteiger partial charge in [-0.05, 0) is 24.3 Å². The third kappa shape index (κ3) is 3.85. The van der Waals surface area contributed by atoms with Crippen LogP contribution in [0.1, 0.15) is 16.2 Å². The first kappa shape index (κ1) is 19.2. The molecule has 0 fully saturated rings. The van der Waals surface area contributed by atoms with Crippen LogP contribution in [0.25, 0.3) is 11.5 Å². The molecule has 0 saturated heterocycles. The van der Waals surface area contributed by atoms with E-state index in [0.29, 0.717) is 36.0 Å². The van der Waals surface area contributed by atoms with E-state index >= 15 is 0 Å². The van der Waals surface area contributed by atoms with Gasteiger partial charge in [-0.1, -0.05) is 0 Å². The van der Waals surface area contributed by atoms with Crippen LogP contribution in [-0.4, -0.2) is 41.4 Å². The first-order valence-electron chi connectivity index (χ1n) is 8.77. The number of esters is 1. The molecule has 0 saturated carbocycles. The highest BCUT2D eigenvalue weighted by Crippen LogP contribution is 2.40. The number of nitro benzene ring substituents is 1. The van der Waals surface area contributed by atoms with Gasteiger partial charge in [-0.25, -0.2) is 4.79 Å². The number of hydrogen-bond donors (Lipinski definition) is 0. The van der Waals surface area contributed by atoms with Crippen molar-refractivity contribution in [3.8, 4) is 28.7 Å². The molecule has 0 unspecified atom stereocenters. The van der Waals surface area contributed by atoms with E-state index in [-0.39, 0.29) is 29.6 Å². The highest BCUT2D eigenvalue weighted by molar-refractivity contribution is 5.91. The normalized spacial score (nSPS) is 12.3. The number of carbonyl (C=O) groups is 1. The van der Waals surface area contributed by atoms with Crippen molar-refractivity contribution >= 4 is 11.7 Å². The monoisotopic (exact) mass is 413 g/mol. The molecule has 154 valence electrons. The predicted molar refractivity (Wildman–Crippen MR) is 99.5 cm³/mol. The number of nitro groups is 1. The maximum atomic E-state index is 12.4. The number of rotatable bonds is 6. The maximum absolute atomic E-state index is 12.4. The van der Waals surface area contributed by atoms with Gasteiger partial charge in [-0.15, -0.1) is 10.2 Å². The van der Waals surface area contributed by atoms with Gasteiger partial charge in [0.05, 0.1) is 17.6 Å². The summed E-state index contributed by atoms with van der Waals surface area (Å²) in [7, 11) is 1.46. The predicted octanol–water partition coefficient (Wildman–Crippen LogP) is 2.78. The summed E-state index contributed by atoms with van der Waals surface area (Å²) < 4.78 is 26.9. The van der Waals surface area contributed by atoms with E-state index in [9.17, 15) is 14.9 Å². The number of hydrogen-bond acceptors (Lipinski definition) is 10. The van der Waals surface area contributed by atoms with E-state index in [2.05, 4.69) is 10.2 Å². The molecule has 0 N–H and O–H groups in total. The molecule has 0 amide bonds. The Balaban J connectivity index is 1.44. The molecule has 1 aliphatic heterocycles. The van der Waals surface area contributed by atoms with Crippen molar-refractivity contribution in [3.63, 3.8) is 0 Å². The van der Waals surface area contributed by atoms with Crippen molar-refractivity contribution in [1.82, 2.24) is 10.2 Å². The Morgan fingerprint density at radius 2 is 1.93 bits per heavy atom. The van der Waals surface area contributed by atoms with Gasteiger partial charge in [0, 0.05) is 17.7 Å². The largest absolute Gasteiger partial charge is 0.493 e. The number of benzene rings is 2. The van der Waals surface area contributed by atoms with Crippen LogP contribution in [0.4, 0.5) is 5.69 Å². The quantitative estimate of drug-likeness (QED) is 0.337. The Bertz CT molecular complexity index is 1080. The third-order valence-electron chi connectivity index (χ3n) is 4.18. The summed E-state index contributed by atoms with van der Waals surface area (Å²) in [6, 6.07) is 8.64. The summed E-state index contributed by atoms with van der Waals surface area (Å²) in [5.41, 5.74) is 0.663. The SMILES string of the molecule is COc1cc(C(=O)OCc2nnc(-c3ccc([N+](=O)[O-])cc3)o2)cc2c1OCCO2. The van der Waals surface area contributed by atoms with E-state index in [1.54, 1.807) is 0 Å². The summed E-state index contributed by atoms with van der Waals surface area (Å²) in [5.74, 6) is 0.770. The molecule has 2 aromatic carbocycles. The molecule has 0 atom stereocenters. The van der Waals surface area contributed by atoms with Gasteiger partial charge in [0.15, 0.2) is 18.1 Å². The van der Waals surface area contributed by atoms with E-state index < -0.39 is 10.9 Å². The van der Waals surface area contributed by atoms with Gasteiger partial charge in [-0.3, -0.25) is 10.1 Å². The fourth-order valence-corrected chi connectivity index (χ4v) is 2.76. The molecule has 11 heteroatoms. The van der Waals surface area contributed by atoms with Crippen molar-refractivity contribution in [3.05, 3.63) is 58.0 Å². The van der Waals surface area contributed by atoms with Crippen LogP contribution in [-0.2, 0) is 11.3 Å². The van der Waals surface area contributed by atoms with Crippen LogP contribution in [0.2, 0.25) is 0 Å². The second kappa shape index (κ2) is 8.07. The minimum absolute atomic E-state index is 0.0534. The van der Waals surface area contributed by atoms with Gasteiger partial charge in [0.2, 0.25) is 11.6 Å². The average molecular weight is 413 g/mol. The highest BCUT2D eigenvalue weighted by Gasteiger charge is 2.22. The van der Waals surface area contributed by atoms with Crippen LogP contribution < -0.4 is 14.2 Å². The summed E-state index contributed by atoms with van der Waals surface area (Å²) in [5, 5.41) is 18.4. The molecule has 2 heterocycles. The zero-order valence-corrected chi connectivity index (χ0v) is 15.7. The highest BCUT2D eigenvalue weighted by atomic mass is 16.6. The average Bonchev–Trinajstić information content (AvgIpc) is 3.25. The third-order valence-corrected chi connectivity index (χ3v) is 4.18. The minimum atomic E-state index is -0.639. The topological polar surface area (TPSA) is 136 Å². The Morgan fingerprint density at radius 3 is 2.67 bits per heavy atom. The van der Waals surface area contributed by atoms with Crippen molar-refractivity contribution in [2.45, 2.75) is 6.61 Å². The van der Waals surface area contributed by atoms with Crippen molar-refractivity contribution < 1.29 is 33.1 Å². The van der Waals surface area contributed by atoms with Crippen molar-refractivity contribution in [1.29, 1.82) is 0 Å². The lowest BCUT2D eigenvalue weighted by Crippen LogP contribution is -2.17. The van der Waals surface area contributed by atoms with Gasteiger partial charge in [0.1, 0.15) is 13.2 Å². The number of fused-ring (bicyclic) bond motifs is 1. The molecule has 3 aromatic rings. The molecule has 11 nitrogen and oxygen atoms in total. The molecular weight excluding hydrogens is 398 g/mol. The summed E-state index contributed by atoms with van der Waals surface area (Å²) >= 11 is 0. The molecule has 0 spiro atoms. The number of ether oxygens (including phenoxy) is 4. The molecule has 4 rings (SSSR count). The van der Waals surface area contributed by atoms with E-state index in [4.69, 9.17) is 23.4 Å². The van der Waals surface area contributed by atoms with E-state index in [0.717, 1.165) is 0 Å². The lowest BCUT2D eigenvalue weighted by molar-refractivity contribution is -0.384. The molecule has 0 bridgehead atoms. The minimum Gasteiger partial charge on any atom is -0.493 e. The maximum Gasteiger partial charge on any atom is 0.338 e. The lowest BCUT2D eigenvalue weighted by atomic mass is 10.1. The smallest absolute Gasteiger partial charge is 0.338 e. The zero-order valence-electron chi connectivity index (χ0n) is 15.7. The van der Waals surface area contributed by atoms with Crippen molar-refractivity contribution in [2.75, 3.05) is 20.3 Å². The molecule has 0 radical (unpaired) electrons. The Labute approximate surface area is 169 Å². The van der Waals surface area contributed by atoms with Crippen molar-refractivity contribution in [2.24, 2.45) is 0 Å². The molecular formula is C19H15N3O8. The summed E-state index contributed by atoms with van der Waals surface area (Å²) in [6.07, 6.45) is 0. The number of aromatic nitrogens is 2. The summed E-state index contributed by atoms with van der Waals surface area (Å²) in [4.78, 5) is 22.6. The fraction of sp³-hybridized carbons (Fsp3) is 0.211. The summed E-state index contributed by atoms with van der Waals surface area (Å²) in [6.45, 7) is 0.499. The first-order valence-corrected chi connectivity index (χ1v) is 8.77. The van der Waals surface area contributed by atoms with E-state index in [1.807, 2.05) is 0 Å². The molecule has 1 aliphatic rings. The zero-order chi connectivity index (χ0) is 21.1. The molecule has 1 aromatic heterocycles. The molecule has 30 heavy (non-hydrogen) atoms. The van der Waals surface area contributed by atoms with Crippen LogP contribution in [0.5, 0.6) is 17.2 Å².